The number of rotatable bonds is 6. The molecule has 0 amide bonds. The van der Waals surface area contributed by atoms with Gasteiger partial charge in [-0.05, 0) is 62.0 Å². The van der Waals surface area contributed by atoms with Crippen LogP contribution in [0.2, 0.25) is 0 Å². The standard InChI is InChI=1S/C21H26N2O3/c1-24-17-3-4-18(19(8-17)25-2)20-7-16(23-26-20)12-22-21-9-13-5-14(10-21)15(6-13)11-21/h3-4,7-8,13-15,22H,5-6,9-12H2,1-2H3. The van der Waals surface area contributed by atoms with Crippen molar-refractivity contribution < 1.29 is 14.0 Å². The molecule has 1 aromatic heterocycles. The van der Waals surface area contributed by atoms with Crippen LogP contribution in [0.4, 0.5) is 0 Å². The summed E-state index contributed by atoms with van der Waals surface area (Å²) in [5.41, 5.74) is 2.20. The van der Waals surface area contributed by atoms with Crippen molar-refractivity contribution in [2.45, 2.75) is 44.2 Å². The summed E-state index contributed by atoms with van der Waals surface area (Å²) in [6, 6.07) is 7.74. The SMILES string of the molecule is COc1ccc(-c2cc(CNC34CC5CC(C3)C(C5)C4)no2)c(OC)c1. The van der Waals surface area contributed by atoms with Crippen molar-refractivity contribution in [1.29, 1.82) is 0 Å². The fourth-order valence-corrected chi connectivity index (χ4v) is 5.83. The molecule has 4 bridgehead atoms. The molecule has 1 heterocycles. The van der Waals surface area contributed by atoms with Crippen molar-refractivity contribution in [2.75, 3.05) is 14.2 Å². The van der Waals surface area contributed by atoms with Crippen molar-refractivity contribution in [1.82, 2.24) is 10.5 Å². The van der Waals surface area contributed by atoms with Gasteiger partial charge in [0.2, 0.25) is 0 Å². The molecule has 1 N–H and O–H groups in total. The fraction of sp³-hybridized carbons (Fsp3) is 0.571. The van der Waals surface area contributed by atoms with Gasteiger partial charge in [-0.25, -0.2) is 0 Å². The van der Waals surface area contributed by atoms with Gasteiger partial charge in [0, 0.05) is 24.2 Å². The number of hydrogen-bond acceptors (Lipinski definition) is 5. The quantitative estimate of drug-likeness (QED) is 0.849. The highest BCUT2D eigenvalue weighted by molar-refractivity contribution is 5.67. The molecule has 4 saturated carbocycles. The Labute approximate surface area is 154 Å². The second-order valence-corrected chi connectivity index (χ2v) is 8.35. The van der Waals surface area contributed by atoms with E-state index in [-0.39, 0.29) is 0 Å². The van der Waals surface area contributed by atoms with E-state index < -0.39 is 0 Å². The first kappa shape index (κ1) is 16.2. The van der Waals surface area contributed by atoms with E-state index in [0.717, 1.165) is 52.8 Å². The zero-order chi connectivity index (χ0) is 17.7. The smallest absolute Gasteiger partial charge is 0.170 e. The average molecular weight is 354 g/mol. The molecule has 1 aromatic carbocycles. The van der Waals surface area contributed by atoms with Gasteiger partial charge in [-0.2, -0.15) is 0 Å². The summed E-state index contributed by atoms with van der Waals surface area (Å²) in [4.78, 5) is 0. The number of methoxy groups -OCH3 is 2. The van der Waals surface area contributed by atoms with Crippen LogP contribution in [0, 0.1) is 17.8 Å². The van der Waals surface area contributed by atoms with Crippen LogP contribution in [0.1, 0.15) is 37.8 Å². The third kappa shape index (κ3) is 2.60. The van der Waals surface area contributed by atoms with E-state index in [4.69, 9.17) is 14.0 Å². The monoisotopic (exact) mass is 354 g/mol. The first-order valence-electron chi connectivity index (χ1n) is 9.61. The lowest BCUT2D eigenvalue weighted by atomic mass is 9.76. The molecule has 5 nitrogen and oxygen atoms in total. The third-order valence-electron chi connectivity index (χ3n) is 6.80. The Morgan fingerprint density at radius 1 is 1.12 bits per heavy atom. The van der Waals surface area contributed by atoms with Gasteiger partial charge < -0.3 is 19.3 Å². The molecule has 138 valence electrons. The van der Waals surface area contributed by atoms with Crippen LogP contribution >= 0.6 is 0 Å². The topological polar surface area (TPSA) is 56.5 Å². The molecule has 6 rings (SSSR count). The Bertz CT molecular complexity index is 796. The maximum absolute atomic E-state index is 5.60. The highest BCUT2D eigenvalue weighted by Crippen LogP contribution is 2.59. The van der Waals surface area contributed by atoms with E-state index in [1.54, 1.807) is 14.2 Å². The molecule has 2 unspecified atom stereocenters. The minimum Gasteiger partial charge on any atom is -0.497 e. The van der Waals surface area contributed by atoms with Gasteiger partial charge in [0.15, 0.2) is 5.76 Å². The molecule has 2 atom stereocenters. The molecular weight excluding hydrogens is 328 g/mol. The second-order valence-electron chi connectivity index (χ2n) is 8.35. The first-order valence-corrected chi connectivity index (χ1v) is 9.61. The van der Waals surface area contributed by atoms with Crippen molar-refractivity contribution in [3.63, 3.8) is 0 Å². The predicted octanol–water partition coefficient (Wildman–Crippen LogP) is 4.03. The lowest BCUT2D eigenvalue weighted by molar-refractivity contribution is 0.182. The lowest BCUT2D eigenvalue weighted by Gasteiger charge is -2.39. The van der Waals surface area contributed by atoms with Crippen LogP contribution in [0.15, 0.2) is 28.8 Å². The summed E-state index contributed by atoms with van der Waals surface area (Å²) < 4.78 is 16.3. The van der Waals surface area contributed by atoms with Crippen molar-refractivity contribution >= 4 is 0 Å². The minimum atomic E-state index is 0.355. The zero-order valence-corrected chi connectivity index (χ0v) is 15.5. The number of aromatic nitrogens is 1. The van der Waals surface area contributed by atoms with E-state index in [0.29, 0.717) is 5.54 Å². The van der Waals surface area contributed by atoms with E-state index in [1.807, 2.05) is 24.3 Å². The Hall–Kier alpha value is -2.01. The van der Waals surface area contributed by atoms with Crippen molar-refractivity contribution in [3.05, 3.63) is 30.0 Å². The molecule has 0 saturated heterocycles. The van der Waals surface area contributed by atoms with Gasteiger partial charge in [-0.1, -0.05) is 5.16 Å². The summed E-state index contributed by atoms with van der Waals surface area (Å²) >= 11 is 0. The number of nitrogens with one attached hydrogen (secondary N) is 1. The first-order chi connectivity index (χ1) is 12.7. The van der Waals surface area contributed by atoms with E-state index in [9.17, 15) is 0 Å². The molecule has 0 spiro atoms. The number of hydrogen-bond donors (Lipinski definition) is 1. The Kier molecular flexibility index (Phi) is 3.74. The second kappa shape index (κ2) is 6.02. The van der Waals surface area contributed by atoms with Crippen LogP contribution in [-0.2, 0) is 6.54 Å². The zero-order valence-electron chi connectivity index (χ0n) is 15.5. The predicted molar refractivity (Wildman–Crippen MR) is 98.2 cm³/mol. The Morgan fingerprint density at radius 3 is 2.62 bits per heavy atom. The lowest BCUT2D eigenvalue weighted by Crippen LogP contribution is -2.47. The normalized spacial score (nSPS) is 31.5. The number of benzene rings is 1. The van der Waals surface area contributed by atoms with Crippen LogP contribution in [0.5, 0.6) is 11.5 Å². The molecule has 26 heavy (non-hydrogen) atoms. The summed E-state index contributed by atoms with van der Waals surface area (Å²) in [7, 11) is 3.30. The number of nitrogens with zero attached hydrogens (tertiary/aromatic N) is 1. The van der Waals surface area contributed by atoms with E-state index in [1.165, 1.54) is 32.1 Å². The molecule has 2 aromatic rings. The molecule has 0 radical (unpaired) electrons. The Balaban J connectivity index is 1.30. The molecule has 4 aliphatic carbocycles. The van der Waals surface area contributed by atoms with E-state index >= 15 is 0 Å². The molecule has 4 fully saturated rings. The summed E-state index contributed by atoms with van der Waals surface area (Å²) in [6.07, 6.45) is 6.99. The van der Waals surface area contributed by atoms with Crippen LogP contribution < -0.4 is 14.8 Å². The van der Waals surface area contributed by atoms with Crippen LogP contribution in [0.25, 0.3) is 11.3 Å². The van der Waals surface area contributed by atoms with Crippen molar-refractivity contribution in [3.8, 4) is 22.8 Å². The van der Waals surface area contributed by atoms with Gasteiger partial charge in [0.05, 0.1) is 25.5 Å². The summed E-state index contributed by atoms with van der Waals surface area (Å²) in [5.74, 6) is 5.11. The largest absolute Gasteiger partial charge is 0.497 e. The van der Waals surface area contributed by atoms with E-state index in [2.05, 4.69) is 10.5 Å². The minimum absolute atomic E-state index is 0.355. The highest BCUT2D eigenvalue weighted by atomic mass is 16.5. The van der Waals surface area contributed by atoms with Gasteiger partial charge in [-0.15, -0.1) is 0 Å². The van der Waals surface area contributed by atoms with Crippen molar-refractivity contribution in [2.24, 2.45) is 17.8 Å². The maximum Gasteiger partial charge on any atom is 0.170 e. The van der Waals surface area contributed by atoms with Gasteiger partial charge in [0.25, 0.3) is 0 Å². The van der Waals surface area contributed by atoms with Gasteiger partial charge in [0.1, 0.15) is 11.5 Å². The molecule has 4 aliphatic rings. The summed E-state index contributed by atoms with van der Waals surface area (Å²) in [5, 5.41) is 8.12. The fourth-order valence-electron chi connectivity index (χ4n) is 5.83. The van der Waals surface area contributed by atoms with Gasteiger partial charge >= 0.3 is 0 Å². The summed E-state index contributed by atoms with van der Waals surface area (Å²) in [6.45, 7) is 0.772. The third-order valence-corrected chi connectivity index (χ3v) is 6.80. The Morgan fingerprint density at radius 2 is 1.92 bits per heavy atom. The maximum atomic E-state index is 5.60. The average Bonchev–Trinajstić information content (AvgIpc) is 3.31. The van der Waals surface area contributed by atoms with Crippen LogP contribution in [0.3, 0.4) is 0 Å². The highest BCUT2D eigenvalue weighted by Gasteiger charge is 2.55. The van der Waals surface area contributed by atoms with Crippen LogP contribution in [-0.4, -0.2) is 24.9 Å². The van der Waals surface area contributed by atoms with Gasteiger partial charge in [-0.3, -0.25) is 0 Å². The molecule has 0 aliphatic heterocycles. The number of ether oxygens (including phenoxy) is 2. The molecular formula is C21H26N2O3. The molecule has 5 heteroatoms.